The van der Waals surface area contributed by atoms with Gasteiger partial charge in [0.2, 0.25) is 17.6 Å². The second kappa shape index (κ2) is 8.08. The lowest BCUT2D eigenvalue weighted by atomic mass is 10.1. The number of ether oxygens (including phenoxy) is 1. The Morgan fingerprint density at radius 3 is 2.52 bits per heavy atom. The largest absolute Gasteiger partial charge is 0.497 e. The third-order valence-electron chi connectivity index (χ3n) is 5.56. The molecule has 2 aromatic rings. The van der Waals surface area contributed by atoms with Crippen LogP contribution in [-0.2, 0) is 11.3 Å². The van der Waals surface area contributed by atoms with Crippen LogP contribution < -0.4 is 4.74 Å². The Kier molecular flexibility index (Phi) is 5.38. The molecule has 0 spiro atoms. The normalized spacial score (nSPS) is 18.8. The van der Waals surface area contributed by atoms with Crippen LogP contribution in [0.2, 0.25) is 0 Å². The fraction of sp³-hybridized carbons (Fsp3) is 0.550. The molecule has 0 N–H and O–H groups in total. The van der Waals surface area contributed by atoms with Crippen molar-refractivity contribution in [1.29, 1.82) is 0 Å². The number of hydrogen-bond acceptors (Lipinski definition) is 6. The molecule has 1 saturated heterocycles. The van der Waals surface area contributed by atoms with Crippen LogP contribution in [0.25, 0.3) is 11.4 Å². The lowest BCUT2D eigenvalue weighted by Gasteiger charge is -2.35. The summed E-state index contributed by atoms with van der Waals surface area (Å²) >= 11 is 0. The van der Waals surface area contributed by atoms with Gasteiger partial charge in [-0.05, 0) is 37.1 Å². The fourth-order valence-electron chi connectivity index (χ4n) is 3.93. The minimum atomic E-state index is 0.263. The summed E-state index contributed by atoms with van der Waals surface area (Å²) < 4.78 is 10.6. The molecule has 0 unspecified atom stereocenters. The van der Waals surface area contributed by atoms with Crippen molar-refractivity contribution < 1.29 is 14.1 Å². The van der Waals surface area contributed by atoms with Gasteiger partial charge in [0.1, 0.15) is 5.75 Å². The van der Waals surface area contributed by atoms with Gasteiger partial charge in [-0.15, -0.1) is 0 Å². The van der Waals surface area contributed by atoms with E-state index in [0.29, 0.717) is 24.2 Å². The zero-order valence-electron chi connectivity index (χ0n) is 15.8. The SMILES string of the molecule is COc1ccc(-c2noc(CN3CCN(C(=O)C4CCCC4)CC3)n2)cc1. The molecule has 7 heteroatoms. The molecule has 1 aromatic carbocycles. The van der Waals surface area contributed by atoms with E-state index in [0.717, 1.165) is 50.3 Å². The standard InChI is InChI=1S/C20H26N4O3/c1-26-17-8-6-15(7-9-17)19-21-18(27-22-19)14-23-10-12-24(13-11-23)20(25)16-4-2-3-5-16/h6-9,16H,2-5,10-14H2,1H3. The van der Waals surface area contributed by atoms with E-state index >= 15 is 0 Å². The van der Waals surface area contributed by atoms with E-state index in [1.165, 1.54) is 12.8 Å². The van der Waals surface area contributed by atoms with Gasteiger partial charge >= 0.3 is 0 Å². The molecule has 1 aromatic heterocycles. The highest BCUT2D eigenvalue weighted by Gasteiger charge is 2.29. The maximum atomic E-state index is 12.5. The van der Waals surface area contributed by atoms with Crippen LogP contribution in [-0.4, -0.2) is 59.1 Å². The van der Waals surface area contributed by atoms with Crippen molar-refractivity contribution in [3.63, 3.8) is 0 Å². The van der Waals surface area contributed by atoms with Crippen molar-refractivity contribution >= 4 is 5.91 Å². The number of methoxy groups -OCH3 is 1. The first-order chi connectivity index (χ1) is 13.2. The molecule has 1 aliphatic carbocycles. The van der Waals surface area contributed by atoms with Crippen LogP contribution in [0.3, 0.4) is 0 Å². The molecule has 2 fully saturated rings. The minimum Gasteiger partial charge on any atom is -0.497 e. The summed E-state index contributed by atoms with van der Waals surface area (Å²) in [6, 6.07) is 7.60. The van der Waals surface area contributed by atoms with Crippen LogP contribution >= 0.6 is 0 Å². The zero-order chi connectivity index (χ0) is 18.6. The van der Waals surface area contributed by atoms with Crippen LogP contribution in [0.5, 0.6) is 5.75 Å². The van der Waals surface area contributed by atoms with Crippen molar-refractivity contribution in [2.45, 2.75) is 32.2 Å². The summed E-state index contributed by atoms with van der Waals surface area (Å²) in [5.41, 5.74) is 0.901. The summed E-state index contributed by atoms with van der Waals surface area (Å²) in [6.07, 6.45) is 4.53. The molecule has 2 aliphatic rings. The molecule has 4 rings (SSSR count). The van der Waals surface area contributed by atoms with Gasteiger partial charge in [0.05, 0.1) is 13.7 Å². The van der Waals surface area contributed by atoms with Gasteiger partial charge in [-0.2, -0.15) is 4.98 Å². The predicted octanol–water partition coefficient (Wildman–Crippen LogP) is 2.58. The van der Waals surface area contributed by atoms with Crippen molar-refractivity contribution in [1.82, 2.24) is 19.9 Å². The molecular formula is C20H26N4O3. The monoisotopic (exact) mass is 370 g/mol. The van der Waals surface area contributed by atoms with Crippen molar-refractivity contribution in [2.24, 2.45) is 5.92 Å². The van der Waals surface area contributed by atoms with Gasteiger partial charge in [0.25, 0.3) is 0 Å². The Morgan fingerprint density at radius 1 is 1.15 bits per heavy atom. The van der Waals surface area contributed by atoms with E-state index in [2.05, 4.69) is 15.0 Å². The maximum absolute atomic E-state index is 12.5. The quantitative estimate of drug-likeness (QED) is 0.806. The highest BCUT2D eigenvalue weighted by Crippen LogP contribution is 2.27. The zero-order valence-corrected chi connectivity index (χ0v) is 15.8. The molecule has 1 aliphatic heterocycles. The topological polar surface area (TPSA) is 71.7 Å². The Balaban J connectivity index is 1.30. The Hall–Kier alpha value is -2.41. The van der Waals surface area contributed by atoms with Crippen LogP contribution in [0.15, 0.2) is 28.8 Å². The lowest BCUT2D eigenvalue weighted by molar-refractivity contribution is -0.137. The maximum Gasteiger partial charge on any atom is 0.241 e. The molecular weight excluding hydrogens is 344 g/mol. The Morgan fingerprint density at radius 2 is 1.85 bits per heavy atom. The van der Waals surface area contributed by atoms with E-state index < -0.39 is 0 Å². The number of carbonyl (C=O) groups excluding carboxylic acids is 1. The highest BCUT2D eigenvalue weighted by atomic mass is 16.5. The van der Waals surface area contributed by atoms with Gasteiger partial charge in [0.15, 0.2) is 0 Å². The van der Waals surface area contributed by atoms with Crippen molar-refractivity contribution in [2.75, 3.05) is 33.3 Å². The van der Waals surface area contributed by atoms with Gasteiger partial charge in [-0.25, -0.2) is 0 Å². The number of aromatic nitrogens is 2. The molecule has 144 valence electrons. The molecule has 1 saturated carbocycles. The summed E-state index contributed by atoms with van der Waals surface area (Å²) in [5, 5.41) is 4.08. The summed E-state index contributed by atoms with van der Waals surface area (Å²) in [6.45, 7) is 3.88. The highest BCUT2D eigenvalue weighted by molar-refractivity contribution is 5.79. The second-order valence-electron chi connectivity index (χ2n) is 7.32. The molecule has 7 nitrogen and oxygen atoms in total. The van der Waals surface area contributed by atoms with Gasteiger partial charge in [-0.1, -0.05) is 18.0 Å². The number of benzene rings is 1. The number of amides is 1. The fourth-order valence-corrected chi connectivity index (χ4v) is 3.93. The van der Waals surface area contributed by atoms with E-state index in [-0.39, 0.29) is 5.92 Å². The van der Waals surface area contributed by atoms with Crippen molar-refractivity contribution in [3.8, 4) is 17.1 Å². The Labute approximate surface area is 159 Å². The second-order valence-corrected chi connectivity index (χ2v) is 7.32. The average Bonchev–Trinajstić information content (AvgIpc) is 3.40. The molecule has 0 bridgehead atoms. The summed E-state index contributed by atoms with van der Waals surface area (Å²) in [4.78, 5) is 21.3. The summed E-state index contributed by atoms with van der Waals surface area (Å²) in [7, 11) is 1.64. The van der Waals surface area contributed by atoms with Crippen LogP contribution in [0.1, 0.15) is 31.6 Å². The molecule has 1 amide bonds. The van der Waals surface area contributed by atoms with E-state index in [1.54, 1.807) is 7.11 Å². The van der Waals surface area contributed by atoms with Crippen molar-refractivity contribution in [3.05, 3.63) is 30.2 Å². The first-order valence-electron chi connectivity index (χ1n) is 9.71. The van der Waals surface area contributed by atoms with Crippen LogP contribution in [0.4, 0.5) is 0 Å². The van der Waals surface area contributed by atoms with E-state index in [1.807, 2.05) is 29.2 Å². The number of piperazine rings is 1. The van der Waals surface area contributed by atoms with E-state index in [9.17, 15) is 4.79 Å². The number of hydrogen-bond donors (Lipinski definition) is 0. The Bertz CT molecular complexity index is 760. The van der Waals surface area contributed by atoms with Gasteiger partial charge in [-0.3, -0.25) is 9.69 Å². The van der Waals surface area contributed by atoms with Gasteiger partial charge < -0.3 is 14.2 Å². The lowest BCUT2D eigenvalue weighted by Crippen LogP contribution is -2.49. The number of nitrogens with zero attached hydrogens (tertiary/aromatic N) is 4. The first kappa shape index (κ1) is 18.0. The average molecular weight is 370 g/mol. The summed E-state index contributed by atoms with van der Waals surface area (Å²) in [5.74, 6) is 2.61. The number of carbonyl (C=O) groups is 1. The first-order valence-corrected chi connectivity index (χ1v) is 9.71. The van der Waals surface area contributed by atoms with E-state index in [4.69, 9.17) is 9.26 Å². The third kappa shape index (κ3) is 4.13. The smallest absolute Gasteiger partial charge is 0.241 e. The van der Waals surface area contributed by atoms with Crippen LogP contribution in [0, 0.1) is 5.92 Å². The minimum absolute atomic E-state index is 0.263. The molecule has 2 heterocycles. The third-order valence-corrected chi connectivity index (χ3v) is 5.56. The molecule has 27 heavy (non-hydrogen) atoms. The molecule has 0 atom stereocenters. The number of rotatable bonds is 5. The predicted molar refractivity (Wildman–Crippen MR) is 100 cm³/mol. The van der Waals surface area contributed by atoms with Gasteiger partial charge in [0, 0.05) is 37.7 Å². The molecule has 0 radical (unpaired) electrons.